The van der Waals surface area contributed by atoms with E-state index in [-0.39, 0.29) is 65.2 Å². The summed E-state index contributed by atoms with van der Waals surface area (Å²) in [5.41, 5.74) is -0.180. The summed E-state index contributed by atoms with van der Waals surface area (Å²) in [6.45, 7) is 2.43. The summed E-state index contributed by atoms with van der Waals surface area (Å²) in [5, 5.41) is -0.00220. The van der Waals surface area contributed by atoms with Crippen molar-refractivity contribution in [3.8, 4) is 0 Å². The number of hydrogen-bond acceptors (Lipinski definition) is 8. The summed E-state index contributed by atoms with van der Waals surface area (Å²) in [5.74, 6) is -4.56. The monoisotopic (exact) mass is 577 g/mol. The van der Waals surface area contributed by atoms with Gasteiger partial charge in [0.15, 0.2) is 0 Å². The smallest absolute Gasteiger partial charge is 0.334 e. The molecule has 0 aliphatic heterocycles. The summed E-state index contributed by atoms with van der Waals surface area (Å²) in [6, 6.07) is 2.17. The number of rotatable bonds is 13. The maximum atomic E-state index is 15.1. The first kappa shape index (κ1) is 31.1. The van der Waals surface area contributed by atoms with Gasteiger partial charge in [0.1, 0.15) is 18.3 Å². The molecule has 204 valence electrons. The Hall–Kier alpha value is -2.14. The van der Waals surface area contributed by atoms with Crippen LogP contribution in [0.5, 0.6) is 0 Å². The predicted molar refractivity (Wildman–Crippen MR) is 140 cm³/mol. The molecule has 0 unspecified atom stereocenters. The lowest BCUT2D eigenvalue weighted by Crippen LogP contribution is -2.40. The summed E-state index contributed by atoms with van der Waals surface area (Å²) in [7, 11) is 1.46. The molecule has 37 heavy (non-hydrogen) atoms. The third-order valence-electron chi connectivity index (χ3n) is 5.41. The molecule has 0 aromatic heterocycles. The fourth-order valence-corrected chi connectivity index (χ4v) is 4.71. The van der Waals surface area contributed by atoms with E-state index < -0.39 is 35.5 Å². The molecule has 8 nitrogen and oxygen atoms in total. The van der Waals surface area contributed by atoms with Crippen molar-refractivity contribution in [2.24, 2.45) is 0 Å². The van der Waals surface area contributed by atoms with E-state index in [1.807, 2.05) is 6.92 Å². The van der Waals surface area contributed by atoms with E-state index in [2.05, 4.69) is 0 Å². The van der Waals surface area contributed by atoms with Crippen LogP contribution in [0.2, 0.25) is 5.02 Å². The highest BCUT2D eigenvalue weighted by molar-refractivity contribution is 8.00. The van der Waals surface area contributed by atoms with Crippen LogP contribution in [0.1, 0.15) is 45.4 Å². The second-order valence-corrected chi connectivity index (χ2v) is 9.75. The second kappa shape index (κ2) is 16.0. The quantitative estimate of drug-likeness (QED) is 0.139. The summed E-state index contributed by atoms with van der Waals surface area (Å²) in [6.07, 6.45) is 3.34. The largest absolute Gasteiger partial charge is 0.465 e. The molecule has 1 aliphatic carbocycles. The minimum atomic E-state index is -0.938. The van der Waals surface area contributed by atoms with Crippen LogP contribution in [0.3, 0.4) is 0 Å². The summed E-state index contributed by atoms with van der Waals surface area (Å²) in [4.78, 5) is 51.9. The molecule has 0 N–H and O–H groups in total. The third-order valence-corrected chi connectivity index (χ3v) is 7.09. The van der Waals surface area contributed by atoms with Crippen molar-refractivity contribution in [1.82, 2.24) is 0 Å². The number of hydrogen-bond donors (Lipinski definition) is 0. The van der Waals surface area contributed by atoms with E-state index in [1.165, 1.54) is 13.2 Å². The molecule has 0 bridgehead atoms. The minimum Gasteiger partial charge on any atom is -0.465 e. The topological polar surface area (TPSA) is 99.2 Å². The Morgan fingerprint density at radius 3 is 2.41 bits per heavy atom. The highest BCUT2D eigenvalue weighted by Gasteiger charge is 2.33. The molecular weight excluding hydrogens is 548 g/mol. The lowest BCUT2D eigenvalue weighted by molar-refractivity contribution is -0.141. The first-order valence-corrected chi connectivity index (χ1v) is 13.7. The maximum Gasteiger partial charge on any atom is 0.334 e. The van der Waals surface area contributed by atoms with Gasteiger partial charge in [-0.1, -0.05) is 24.9 Å². The van der Waals surface area contributed by atoms with E-state index in [0.29, 0.717) is 17.7 Å². The van der Waals surface area contributed by atoms with Gasteiger partial charge < -0.3 is 14.2 Å². The van der Waals surface area contributed by atoms with Gasteiger partial charge in [0.2, 0.25) is 5.91 Å². The fraction of sp³-hybridized carbons (Fsp3) is 0.520. The molecular formula is C25H30Cl2FNO7S. The highest BCUT2D eigenvalue weighted by Crippen LogP contribution is 2.36. The van der Waals surface area contributed by atoms with Crippen LogP contribution in [0.25, 0.3) is 0 Å². The number of unbranched alkanes of at least 4 members (excludes halogenated alkanes) is 1. The number of ether oxygens (including phenoxy) is 3. The number of nitrogens with zero attached hydrogens (tertiary/aromatic N) is 1. The van der Waals surface area contributed by atoms with E-state index in [1.54, 1.807) is 0 Å². The molecule has 0 heterocycles. The third kappa shape index (κ3) is 8.98. The molecule has 2 rings (SSSR count). The molecule has 0 radical (unpaired) electrons. The lowest BCUT2D eigenvalue weighted by Gasteiger charge is -2.26. The molecule has 0 saturated carbocycles. The number of halogens is 3. The van der Waals surface area contributed by atoms with Crippen LogP contribution in [-0.4, -0.2) is 62.3 Å². The number of imide groups is 1. The van der Waals surface area contributed by atoms with Crippen LogP contribution in [0, 0.1) is 5.82 Å². The van der Waals surface area contributed by atoms with E-state index >= 15 is 4.39 Å². The van der Waals surface area contributed by atoms with Gasteiger partial charge in [-0.2, -0.15) is 0 Å². The van der Waals surface area contributed by atoms with Gasteiger partial charge in [-0.25, -0.2) is 14.1 Å². The van der Waals surface area contributed by atoms with Crippen molar-refractivity contribution >= 4 is 64.4 Å². The van der Waals surface area contributed by atoms with Gasteiger partial charge >= 0.3 is 11.9 Å². The fourth-order valence-electron chi connectivity index (χ4n) is 3.53. The lowest BCUT2D eigenvalue weighted by atomic mass is 9.90. The second-order valence-electron chi connectivity index (χ2n) is 8.06. The number of benzene rings is 1. The highest BCUT2D eigenvalue weighted by atomic mass is 35.5. The Kier molecular flexibility index (Phi) is 13.4. The van der Waals surface area contributed by atoms with Crippen molar-refractivity contribution in [3.63, 3.8) is 0 Å². The van der Waals surface area contributed by atoms with Crippen molar-refractivity contribution < 1.29 is 37.8 Å². The molecule has 2 amide bonds. The van der Waals surface area contributed by atoms with Gasteiger partial charge in [0, 0.05) is 23.2 Å². The number of thioether (sulfide) groups is 1. The van der Waals surface area contributed by atoms with Crippen LogP contribution in [0.4, 0.5) is 10.1 Å². The molecule has 0 atom stereocenters. The molecule has 0 fully saturated rings. The van der Waals surface area contributed by atoms with Crippen LogP contribution >= 0.6 is 35.0 Å². The standard InChI is InChI=1S/C25H30Cl2FNO7S/c1-3-4-9-35-23(31)15-37-21-13-20(19(28)12-18(21)27)29(22(30)14-26)24(32)16-7-5-6-8-17(16)25(33)36-11-10-34-2/h12-13H,3-11,14-15H2,1-2H3. The van der Waals surface area contributed by atoms with Gasteiger partial charge in [0.05, 0.1) is 29.7 Å². The number of carbonyl (C=O) groups excluding carboxylic acids is 4. The molecule has 1 aliphatic rings. The number of amides is 2. The van der Waals surface area contributed by atoms with Gasteiger partial charge in [0.25, 0.3) is 5.91 Å². The Morgan fingerprint density at radius 2 is 1.76 bits per heavy atom. The van der Waals surface area contributed by atoms with E-state index in [4.69, 9.17) is 37.4 Å². The Labute approximate surface area is 229 Å². The molecule has 1 aromatic carbocycles. The predicted octanol–water partition coefficient (Wildman–Crippen LogP) is 5.07. The summed E-state index contributed by atoms with van der Waals surface area (Å²) >= 11 is 12.9. The Balaban J connectivity index is 2.39. The Bertz CT molecular complexity index is 1030. The molecule has 0 spiro atoms. The van der Waals surface area contributed by atoms with E-state index in [0.717, 1.165) is 30.7 Å². The number of carbonyl (C=O) groups is 4. The number of anilines is 1. The Morgan fingerprint density at radius 1 is 1.05 bits per heavy atom. The molecule has 12 heteroatoms. The number of methoxy groups -OCH3 is 1. The maximum absolute atomic E-state index is 15.1. The number of esters is 2. The number of alkyl halides is 1. The average molecular weight is 578 g/mol. The van der Waals surface area contributed by atoms with Gasteiger partial charge in [-0.3, -0.25) is 14.4 Å². The van der Waals surface area contributed by atoms with Crippen LogP contribution in [-0.2, 0) is 33.4 Å². The zero-order valence-electron chi connectivity index (χ0n) is 20.8. The van der Waals surface area contributed by atoms with Crippen LogP contribution in [0.15, 0.2) is 28.2 Å². The van der Waals surface area contributed by atoms with Gasteiger partial charge in [-0.15, -0.1) is 23.4 Å². The van der Waals surface area contributed by atoms with Crippen LogP contribution < -0.4 is 4.90 Å². The SMILES string of the molecule is CCCCOC(=O)CSc1cc(N(C(=O)CCl)C(=O)C2=C(C(=O)OCCOC)CCCC2)c(F)cc1Cl. The van der Waals surface area contributed by atoms with Crippen molar-refractivity contribution in [2.75, 3.05) is 43.5 Å². The van der Waals surface area contributed by atoms with E-state index in [9.17, 15) is 19.2 Å². The normalized spacial score (nSPS) is 13.3. The molecule has 0 saturated heterocycles. The average Bonchev–Trinajstić information content (AvgIpc) is 2.89. The van der Waals surface area contributed by atoms with Crippen molar-refractivity contribution in [1.29, 1.82) is 0 Å². The van der Waals surface area contributed by atoms with Gasteiger partial charge in [-0.05, 0) is 44.2 Å². The zero-order chi connectivity index (χ0) is 27.4. The summed E-state index contributed by atoms with van der Waals surface area (Å²) < 4.78 is 30.2. The van der Waals surface area contributed by atoms with Crippen molar-refractivity contribution in [3.05, 3.63) is 34.1 Å². The van der Waals surface area contributed by atoms with Crippen molar-refractivity contribution in [2.45, 2.75) is 50.3 Å². The molecule has 1 aromatic rings. The minimum absolute atomic E-state index is 0.00208. The first-order chi connectivity index (χ1) is 17.7. The zero-order valence-corrected chi connectivity index (χ0v) is 23.1. The first-order valence-electron chi connectivity index (χ1n) is 11.8.